The maximum atomic E-state index is 13.7. The molecule has 1 aromatic rings. The molecular weight excluding hydrogens is 241 g/mol. The first-order chi connectivity index (χ1) is 9.26. The van der Waals surface area contributed by atoms with Crippen molar-refractivity contribution in [3.8, 4) is 6.07 Å². The van der Waals surface area contributed by atoms with Crippen LogP contribution in [0.5, 0.6) is 0 Å². The summed E-state index contributed by atoms with van der Waals surface area (Å²) in [6.45, 7) is 5.80. The van der Waals surface area contributed by atoms with E-state index in [9.17, 15) is 4.39 Å². The number of rotatable bonds is 4. The van der Waals surface area contributed by atoms with Gasteiger partial charge < -0.3 is 10.2 Å². The van der Waals surface area contributed by atoms with Gasteiger partial charge in [0.05, 0.1) is 5.69 Å². The smallest absolute Gasteiger partial charge is 0.143 e. The third kappa shape index (κ3) is 3.24. The molecule has 3 nitrogen and oxygen atoms in total. The molecule has 0 aliphatic carbocycles. The molecule has 0 radical (unpaired) electrons. The molecule has 0 saturated carbocycles. The molecule has 19 heavy (non-hydrogen) atoms. The number of anilines is 1. The summed E-state index contributed by atoms with van der Waals surface area (Å²) in [6.07, 6.45) is 2.39. The van der Waals surface area contributed by atoms with E-state index in [2.05, 4.69) is 10.2 Å². The van der Waals surface area contributed by atoms with Crippen LogP contribution in [0, 0.1) is 23.1 Å². The van der Waals surface area contributed by atoms with Crippen molar-refractivity contribution in [3.05, 3.63) is 29.6 Å². The van der Waals surface area contributed by atoms with Crippen molar-refractivity contribution >= 4 is 5.69 Å². The van der Waals surface area contributed by atoms with E-state index in [4.69, 9.17) is 5.26 Å². The summed E-state index contributed by atoms with van der Waals surface area (Å²) < 4.78 is 13.7. The zero-order valence-electron chi connectivity index (χ0n) is 11.3. The van der Waals surface area contributed by atoms with E-state index < -0.39 is 5.82 Å². The second-order valence-electron chi connectivity index (χ2n) is 5.00. The molecule has 0 bridgehead atoms. The molecule has 2 rings (SSSR count). The number of benzene rings is 1. The topological polar surface area (TPSA) is 39.1 Å². The average Bonchev–Trinajstić information content (AvgIpc) is 2.45. The van der Waals surface area contributed by atoms with E-state index in [-0.39, 0.29) is 5.56 Å². The Balaban J connectivity index is 2.17. The fourth-order valence-electron chi connectivity index (χ4n) is 2.68. The van der Waals surface area contributed by atoms with Gasteiger partial charge in [-0.15, -0.1) is 0 Å². The number of hydrogen-bond acceptors (Lipinski definition) is 3. The van der Waals surface area contributed by atoms with Crippen LogP contribution in [0.1, 0.15) is 25.3 Å². The van der Waals surface area contributed by atoms with Gasteiger partial charge >= 0.3 is 0 Å². The standard InChI is InChI=1S/C15H20FN3/c1-2-19(11-12-5-4-8-18-10-12)15-7-3-6-14(16)13(15)9-17/h3,6-7,12,18H,2,4-5,8,10-11H2,1H3. The van der Waals surface area contributed by atoms with Crippen molar-refractivity contribution in [2.24, 2.45) is 5.92 Å². The van der Waals surface area contributed by atoms with Crippen LogP contribution in [0.25, 0.3) is 0 Å². The van der Waals surface area contributed by atoms with Gasteiger partial charge in [0, 0.05) is 13.1 Å². The Morgan fingerprint density at radius 2 is 2.37 bits per heavy atom. The van der Waals surface area contributed by atoms with Crippen molar-refractivity contribution in [1.82, 2.24) is 5.32 Å². The van der Waals surface area contributed by atoms with Crippen molar-refractivity contribution in [2.45, 2.75) is 19.8 Å². The molecule has 1 saturated heterocycles. The van der Waals surface area contributed by atoms with Crippen LogP contribution in [-0.4, -0.2) is 26.2 Å². The number of hydrogen-bond donors (Lipinski definition) is 1. The molecule has 1 atom stereocenters. The van der Waals surface area contributed by atoms with Gasteiger partial charge in [-0.05, 0) is 50.9 Å². The average molecular weight is 261 g/mol. The summed E-state index contributed by atoms with van der Waals surface area (Å²) in [5, 5.41) is 12.5. The monoisotopic (exact) mass is 261 g/mol. The number of halogens is 1. The zero-order valence-corrected chi connectivity index (χ0v) is 11.3. The number of nitrogens with one attached hydrogen (secondary N) is 1. The van der Waals surface area contributed by atoms with Crippen LogP contribution in [0.15, 0.2) is 18.2 Å². The molecule has 1 heterocycles. The van der Waals surface area contributed by atoms with Crippen LogP contribution in [0.3, 0.4) is 0 Å². The predicted octanol–water partition coefficient (Wildman–Crippen LogP) is 2.52. The summed E-state index contributed by atoms with van der Waals surface area (Å²) >= 11 is 0. The minimum absolute atomic E-state index is 0.160. The highest BCUT2D eigenvalue weighted by atomic mass is 19.1. The summed E-state index contributed by atoms with van der Waals surface area (Å²) in [5.41, 5.74) is 0.878. The fourth-order valence-corrected chi connectivity index (χ4v) is 2.68. The first-order valence-corrected chi connectivity index (χ1v) is 6.90. The lowest BCUT2D eigenvalue weighted by Crippen LogP contribution is -2.38. The Bertz CT molecular complexity index is 461. The number of nitriles is 1. The van der Waals surface area contributed by atoms with E-state index in [0.29, 0.717) is 5.92 Å². The van der Waals surface area contributed by atoms with Crippen LogP contribution in [0.2, 0.25) is 0 Å². The van der Waals surface area contributed by atoms with E-state index in [0.717, 1.165) is 31.9 Å². The molecule has 0 aromatic heterocycles. The van der Waals surface area contributed by atoms with Gasteiger partial charge in [0.25, 0.3) is 0 Å². The van der Waals surface area contributed by atoms with Gasteiger partial charge in [0.1, 0.15) is 17.4 Å². The molecule has 1 fully saturated rings. The number of nitrogens with zero attached hydrogens (tertiary/aromatic N) is 2. The van der Waals surface area contributed by atoms with Crippen molar-refractivity contribution in [2.75, 3.05) is 31.1 Å². The molecule has 1 aromatic carbocycles. The van der Waals surface area contributed by atoms with Gasteiger partial charge in [-0.1, -0.05) is 6.07 Å². The van der Waals surface area contributed by atoms with E-state index in [1.807, 2.05) is 19.1 Å². The summed E-state index contributed by atoms with van der Waals surface area (Å²) in [7, 11) is 0. The van der Waals surface area contributed by atoms with Gasteiger partial charge in [0.15, 0.2) is 0 Å². The first kappa shape index (κ1) is 13.8. The molecular formula is C15H20FN3. The molecule has 1 aliphatic rings. The normalized spacial score (nSPS) is 18.9. The van der Waals surface area contributed by atoms with E-state index in [1.54, 1.807) is 6.07 Å². The fraction of sp³-hybridized carbons (Fsp3) is 0.533. The molecule has 1 unspecified atom stereocenters. The Morgan fingerprint density at radius 3 is 3.00 bits per heavy atom. The largest absolute Gasteiger partial charge is 0.370 e. The lowest BCUT2D eigenvalue weighted by molar-refractivity contribution is 0.378. The van der Waals surface area contributed by atoms with Gasteiger partial charge in [-0.25, -0.2) is 4.39 Å². The zero-order chi connectivity index (χ0) is 13.7. The highest BCUT2D eigenvalue weighted by molar-refractivity contribution is 5.59. The maximum absolute atomic E-state index is 13.7. The second kappa shape index (κ2) is 6.53. The Hall–Kier alpha value is -1.60. The second-order valence-corrected chi connectivity index (χ2v) is 5.00. The highest BCUT2D eigenvalue weighted by Gasteiger charge is 2.19. The van der Waals surface area contributed by atoms with Crippen molar-refractivity contribution in [3.63, 3.8) is 0 Å². The van der Waals surface area contributed by atoms with Gasteiger partial charge in [-0.2, -0.15) is 5.26 Å². The van der Waals surface area contributed by atoms with E-state index >= 15 is 0 Å². The maximum Gasteiger partial charge on any atom is 0.143 e. The third-order valence-corrected chi connectivity index (χ3v) is 3.70. The quantitative estimate of drug-likeness (QED) is 0.905. The Kier molecular flexibility index (Phi) is 4.75. The summed E-state index contributed by atoms with van der Waals surface area (Å²) in [4.78, 5) is 2.11. The SMILES string of the molecule is CCN(CC1CCCNC1)c1cccc(F)c1C#N. The lowest BCUT2D eigenvalue weighted by Gasteiger charge is -2.31. The molecule has 1 aliphatic heterocycles. The van der Waals surface area contributed by atoms with Crippen molar-refractivity contribution in [1.29, 1.82) is 5.26 Å². The van der Waals surface area contributed by atoms with Crippen LogP contribution >= 0.6 is 0 Å². The van der Waals surface area contributed by atoms with E-state index in [1.165, 1.54) is 18.9 Å². The third-order valence-electron chi connectivity index (χ3n) is 3.70. The molecule has 4 heteroatoms. The van der Waals surface area contributed by atoms with Crippen molar-refractivity contribution < 1.29 is 4.39 Å². The molecule has 102 valence electrons. The first-order valence-electron chi connectivity index (χ1n) is 6.90. The summed E-state index contributed by atoms with van der Waals surface area (Å²) in [5.74, 6) is 0.142. The number of piperidine rings is 1. The van der Waals surface area contributed by atoms with Gasteiger partial charge in [0.2, 0.25) is 0 Å². The van der Waals surface area contributed by atoms with Crippen LogP contribution < -0.4 is 10.2 Å². The molecule has 0 amide bonds. The highest BCUT2D eigenvalue weighted by Crippen LogP contribution is 2.24. The molecule has 1 N–H and O–H groups in total. The summed E-state index contributed by atoms with van der Waals surface area (Å²) in [6, 6.07) is 6.84. The minimum Gasteiger partial charge on any atom is -0.370 e. The van der Waals surface area contributed by atoms with Crippen LogP contribution in [0.4, 0.5) is 10.1 Å². The lowest BCUT2D eigenvalue weighted by atomic mass is 9.98. The minimum atomic E-state index is -0.430. The predicted molar refractivity (Wildman–Crippen MR) is 74.6 cm³/mol. The van der Waals surface area contributed by atoms with Crippen LogP contribution in [-0.2, 0) is 0 Å². The Morgan fingerprint density at radius 1 is 1.53 bits per heavy atom. The molecule has 0 spiro atoms. The van der Waals surface area contributed by atoms with Gasteiger partial charge in [-0.3, -0.25) is 0 Å². The Labute approximate surface area is 114 Å².